The summed E-state index contributed by atoms with van der Waals surface area (Å²) in [6.45, 7) is 5.34. The minimum absolute atomic E-state index is 0.232. The molecule has 0 spiro atoms. The van der Waals surface area contributed by atoms with Gasteiger partial charge in [-0.05, 0) is 18.9 Å². The summed E-state index contributed by atoms with van der Waals surface area (Å²) in [7, 11) is 0. The molecule has 0 bridgehead atoms. The number of nitrogens with zero attached hydrogens (tertiary/aromatic N) is 4. The van der Waals surface area contributed by atoms with Crippen molar-refractivity contribution in [2.45, 2.75) is 18.8 Å². The molecule has 2 fully saturated rings. The van der Waals surface area contributed by atoms with E-state index in [-0.39, 0.29) is 5.91 Å². The van der Waals surface area contributed by atoms with Crippen LogP contribution in [0.3, 0.4) is 0 Å². The van der Waals surface area contributed by atoms with Crippen LogP contribution in [0.5, 0.6) is 0 Å². The van der Waals surface area contributed by atoms with Crippen molar-refractivity contribution in [3.8, 4) is 0 Å². The number of piperidine rings is 1. The summed E-state index contributed by atoms with van der Waals surface area (Å²) >= 11 is 0. The van der Waals surface area contributed by atoms with Gasteiger partial charge < -0.3 is 9.64 Å². The van der Waals surface area contributed by atoms with Gasteiger partial charge in [-0.15, -0.1) is 0 Å². The fourth-order valence-corrected chi connectivity index (χ4v) is 3.04. The molecule has 0 saturated carbocycles. The van der Waals surface area contributed by atoms with Gasteiger partial charge >= 0.3 is 0 Å². The highest BCUT2D eigenvalue weighted by Crippen LogP contribution is 2.25. The van der Waals surface area contributed by atoms with Crippen LogP contribution in [-0.2, 0) is 9.53 Å². The Morgan fingerprint density at radius 3 is 2.95 bits per heavy atom. The molecule has 1 aromatic heterocycles. The SMILES string of the molecule is O=C(CN1CCOCC1)N1CCC[C@@H](c2ccncn2)C1. The smallest absolute Gasteiger partial charge is 0.236 e. The summed E-state index contributed by atoms with van der Waals surface area (Å²) < 4.78 is 5.32. The molecule has 2 aliphatic rings. The van der Waals surface area contributed by atoms with Gasteiger partial charge in [0.1, 0.15) is 6.33 Å². The van der Waals surface area contributed by atoms with Crippen molar-refractivity contribution in [3.63, 3.8) is 0 Å². The third kappa shape index (κ3) is 3.77. The lowest BCUT2D eigenvalue weighted by molar-refractivity contribution is -0.134. The van der Waals surface area contributed by atoms with Crippen LogP contribution < -0.4 is 0 Å². The van der Waals surface area contributed by atoms with E-state index in [4.69, 9.17) is 4.74 Å². The lowest BCUT2D eigenvalue weighted by Gasteiger charge is -2.34. The number of carbonyl (C=O) groups is 1. The molecular weight excluding hydrogens is 268 g/mol. The number of carbonyl (C=O) groups excluding carboxylic acids is 1. The van der Waals surface area contributed by atoms with E-state index in [0.29, 0.717) is 12.5 Å². The van der Waals surface area contributed by atoms with Crippen LogP contribution in [-0.4, -0.2) is 71.6 Å². The highest BCUT2D eigenvalue weighted by molar-refractivity contribution is 5.78. The van der Waals surface area contributed by atoms with E-state index in [1.807, 2.05) is 11.0 Å². The molecule has 6 nitrogen and oxygen atoms in total. The van der Waals surface area contributed by atoms with E-state index >= 15 is 0 Å². The number of amides is 1. The van der Waals surface area contributed by atoms with Gasteiger partial charge in [0.25, 0.3) is 0 Å². The molecule has 1 atom stereocenters. The zero-order valence-corrected chi connectivity index (χ0v) is 12.3. The summed E-state index contributed by atoms with van der Waals surface area (Å²) in [5, 5.41) is 0. The van der Waals surface area contributed by atoms with E-state index in [1.165, 1.54) is 0 Å². The number of hydrogen-bond donors (Lipinski definition) is 0. The second kappa shape index (κ2) is 6.95. The Bertz CT molecular complexity index is 462. The van der Waals surface area contributed by atoms with Gasteiger partial charge in [-0.2, -0.15) is 0 Å². The number of aromatic nitrogens is 2. The minimum Gasteiger partial charge on any atom is -0.379 e. The fraction of sp³-hybridized carbons (Fsp3) is 0.667. The molecule has 114 valence electrons. The van der Waals surface area contributed by atoms with Crippen LogP contribution in [0.2, 0.25) is 0 Å². The average Bonchev–Trinajstić information content (AvgIpc) is 2.57. The van der Waals surface area contributed by atoms with Gasteiger partial charge in [-0.25, -0.2) is 9.97 Å². The van der Waals surface area contributed by atoms with Gasteiger partial charge in [0.15, 0.2) is 0 Å². The molecular formula is C15H22N4O2. The monoisotopic (exact) mass is 290 g/mol. The first-order chi connectivity index (χ1) is 10.3. The van der Waals surface area contributed by atoms with Crippen LogP contribution >= 0.6 is 0 Å². The lowest BCUT2D eigenvalue weighted by Crippen LogP contribution is -2.47. The lowest BCUT2D eigenvalue weighted by atomic mass is 9.94. The molecule has 1 amide bonds. The van der Waals surface area contributed by atoms with Gasteiger partial charge in [-0.1, -0.05) is 0 Å². The van der Waals surface area contributed by atoms with E-state index in [1.54, 1.807) is 12.5 Å². The van der Waals surface area contributed by atoms with Crippen molar-refractivity contribution in [2.75, 3.05) is 45.9 Å². The number of rotatable bonds is 3. The van der Waals surface area contributed by atoms with Crippen molar-refractivity contribution in [3.05, 3.63) is 24.3 Å². The fourth-order valence-electron chi connectivity index (χ4n) is 3.04. The van der Waals surface area contributed by atoms with E-state index in [2.05, 4.69) is 14.9 Å². The van der Waals surface area contributed by atoms with E-state index < -0.39 is 0 Å². The Morgan fingerprint density at radius 2 is 2.19 bits per heavy atom. The van der Waals surface area contributed by atoms with Gasteiger partial charge in [-0.3, -0.25) is 9.69 Å². The Hall–Kier alpha value is -1.53. The highest BCUT2D eigenvalue weighted by Gasteiger charge is 2.26. The molecule has 0 aliphatic carbocycles. The minimum atomic E-state index is 0.232. The third-order valence-corrected chi connectivity index (χ3v) is 4.26. The zero-order valence-electron chi connectivity index (χ0n) is 12.3. The van der Waals surface area contributed by atoms with Crippen molar-refractivity contribution in [1.29, 1.82) is 0 Å². The molecule has 3 heterocycles. The molecule has 0 N–H and O–H groups in total. The Morgan fingerprint density at radius 1 is 1.33 bits per heavy atom. The second-order valence-electron chi connectivity index (χ2n) is 5.70. The molecule has 2 saturated heterocycles. The third-order valence-electron chi connectivity index (χ3n) is 4.26. The second-order valence-corrected chi connectivity index (χ2v) is 5.70. The first kappa shape index (κ1) is 14.4. The molecule has 0 radical (unpaired) electrons. The van der Waals surface area contributed by atoms with Gasteiger partial charge in [0.05, 0.1) is 19.8 Å². The van der Waals surface area contributed by atoms with Crippen molar-refractivity contribution < 1.29 is 9.53 Å². The van der Waals surface area contributed by atoms with Crippen LogP contribution in [0.4, 0.5) is 0 Å². The van der Waals surface area contributed by atoms with E-state index in [9.17, 15) is 4.79 Å². The summed E-state index contributed by atoms with van der Waals surface area (Å²) in [5.74, 6) is 0.575. The predicted octanol–water partition coefficient (Wildman–Crippen LogP) is 0.515. The number of ether oxygens (including phenoxy) is 1. The summed E-state index contributed by atoms with van der Waals surface area (Å²) in [4.78, 5) is 24.9. The zero-order chi connectivity index (χ0) is 14.5. The number of morpholine rings is 1. The summed E-state index contributed by atoms with van der Waals surface area (Å²) in [5.41, 5.74) is 1.05. The molecule has 3 rings (SSSR count). The molecule has 0 unspecified atom stereocenters. The number of likely N-dealkylation sites (tertiary alicyclic amines) is 1. The Labute approximate surface area is 125 Å². The highest BCUT2D eigenvalue weighted by atomic mass is 16.5. The Balaban J connectivity index is 1.56. The van der Waals surface area contributed by atoms with Crippen molar-refractivity contribution in [2.24, 2.45) is 0 Å². The van der Waals surface area contributed by atoms with Crippen LogP contribution in [0.15, 0.2) is 18.6 Å². The average molecular weight is 290 g/mol. The quantitative estimate of drug-likeness (QED) is 0.812. The van der Waals surface area contributed by atoms with Crippen molar-refractivity contribution >= 4 is 5.91 Å². The predicted molar refractivity (Wildman–Crippen MR) is 77.8 cm³/mol. The van der Waals surface area contributed by atoms with Gasteiger partial charge in [0.2, 0.25) is 5.91 Å². The largest absolute Gasteiger partial charge is 0.379 e. The summed E-state index contributed by atoms with van der Waals surface area (Å²) in [6, 6.07) is 1.96. The van der Waals surface area contributed by atoms with Crippen LogP contribution in [0.1, 0.15) is 24.5 Å². The normalized spacial score (nSPS) is 24.0. The number of hydrogen-bond acceptors (Lipinski definition) is 5. The summed E-state index contributed by atoms with van der Waals surface area (Å²) in [6.07, 6.45) is 5.50. The maximum absolute atomic E-state index is 12.5. The molecule has 2 aliphatic heterocycles. The maximum Gasteiger partial charge on any atom is 0.236 e. The van der Waals surface area contributed by atoms with E-state index in [0.717, 1.165) is 57.9 Å². The standard InChI is InChI=1S/C15H22N4O2/c20-15(11-18-6-8-21-9-7-18)19-5-1-2-13(10-19)14-3-4-16-12-17-14/h3-4,12-13H,1-2,5-11H2/t13-/m1/s1. The molecule has 6 heteroatoms. The molecule has 0 aromatic carbocycles. The van der Waals surface area contributed by atoms with Gasteiger partial charge in [0, 0.05) is 44.0 Å². The first-order valence-electron chi connectivity index (χ1n) is 7.67. The topological polar surface area (TPSA) is 58.6 Å². The van der Waals surface area contributed by atoms with Crippen molar-refractivity contribution in [1.82, 2.24) is 19.8 Å². The molecule has 21 heavy (non-hydrogen) atoms. The van der Waals surface area contributed by atoms with Crippen LogP contribution in [0, 0.1) is 0 Å². The maximum atomic E-state index is 12.5. The molecule has 1 aromatic rings. The Kier molecular flexibility index (Phi) is 4.77. The first-order valence-corrected chi connectivity index (χ1v) is 7.67. The van der Waals surface area contributed by atoms with Crippen LogP contribution in [0.25, 0.3) is 0 Å².